The number of benzene rings is 1. The Hall–Kier alpha value is -2.56. The van der Waals surface area contributed by atoms with Crippen LogP contribution in [0.5, 0.6) is 0 Å². The number of nitrogens with zero attached hydrogens (tertiary/aromatic N) is 2. The van der Waals surface area contributed by atoms with E-state index in [9.17, 15) is 9.90 Å². The highest BCUT2D eigenvalue weighted by atomic mass is 16.4. The van der Waals surface area contributed by atoms with Crippen LogP contribution in [0.4, 0.5) is 0 Å². The van der Waals surface area contributed by atoms with Crippen LogP contribution in [0.15, 0.2) is 41.1 Å². The molecule has 0 aliphatic rings. The number of aromatic carboxylic acids is 1. The Morgan fingerprint density at radius 1 is 1.35 bits per heavy atom. The molecule has 102 valence electrons. The van der Waals surface area contributed by atoms with Gasteiger partial charge in [0.15, 0.2) is 0 Å². The molecule has 2 aromatic heterocycles. The van der Waals surface area contributed by atoms with E-state index in [2.05, 4.69) is 4.98 Å². The molecule has 1 N–H and O–H groups in total. The molecule has 0 aliphatic carbocycles. The zero-order valence-corrected chi connectivity index (χ0v) is 11.2. The Kier molecular flexibility index (Phi) is 2.82. The lowest BCUT2D eigenvalue weighted by atomic mass is 10.1. The molecule has 0 radical (unpaired) electrons. The van der Waals surface area contributed by atoms with Crippen molar-refractivity contribution in [3.05, 3.63) is 53.7 Å². The molecule has 2 heterocycles. The molecular weight excluding hydrogens is 256 g/mol. The average Bonchev–Trinajstić information content (AvgIpc) is 3.03. The predicted molar refractivity (Wildman–Crippen MR) is 74.0 cm³/mol. The predicted octanol–water partition coefficient (Wildman–Crippen LogP) is 3.25. The lowest BCUT2D eigenvalue weighted by Gasteiger charge is -2.11. The molecule has 0 fully saturated rings. The molecule has 5 heteroatoms. The van der Waals surface area contributed by atoms with Gasteiger partial charge in [0.2, 0.25) is 0 Å². The normalized spacial score (nSPS) is 12.7. The summed E-state index contributed by atoms with van der Waals surface area (Å²) < 4.78 is 7.55. The van der Waals surface area contributed by atoms with Gasteiger partial charge in [-0.25, -0.2) is 9.78 Å². The van der Waals surface area contributed by atoms with Crippen molar-refractivity contribution in [1.29, 1.82) is 0 Å². The third-order valence-corrected chi connectivity index (χ3v) is 3.42. The van der Waals surface area contributed by atoms with E-state index in [4.69, 9.17) is 4.42 Å². The molecule has 1 atom stereocenters. The fraction of sp³-hybridized carbons (Fsp3) is 0.200. The molecule has 0 saturated carbocycles. The molecule has 20 heavy (non-hydrogen) atoms. The first kappa shape index (κ1) is 12.5. The van der Waals surface area contributed by atoms with E-state index in [1.54, 1.807) is 18.5 Å². The fourth-order valence-electron chi connectivity index (χ4n) is 2.35. The standard InChI is InChI=1S/C15H14N2O3/c1-9-6-7-13(20-9)10(2)17-8-16-14-11(15(18)19)4-3-5-12(14)17/h3-8,10H,1-2H3,(H,18,19). The van der Waals surface area contributed by atoms with E-state index in [0.29, 0.717) is 5.52 Å². The van der Waals surface area contributed by atoms with Crippen LogP contribution in [0.2, 0.25) is 0 Å². The zero-order valence-electron chi connectivity index (χ0n) is 11.2. The van der Waals surface area contributed by atoms with Gasteiger partial charge in [0.1, 0.15) is 17.0 Å². The van der Waals surface area contributed by atoms with Gasteiger partial charge in [-0.2, -0.15) is 0 Å². The summed E-state index contributed by atoms with van der Waals surface area (Å²) in [5.74, 6) is 0.701. The number of aryl methyl sites for hydroxylation is 1. The van der Waals surface area contributed by atoms with Crippen LogP contribution in [0.25, 0.3) is 11.0 Å². The van der Waals surface area contributed by atoms with Gasteiger partial charge in [0.25, 0.3) is 0 Å². The van der Waals surface area contributed by atoms with Gasteiger partial charge in [-0.15, -0.1) is 0 Å². The molecule has 3 aromatic rings. The first-order valence-corrected chi connectivity index (χ1v) is 6.33. The number of imidazole rings is 1. The van der Waals surface area contributed by atoms with Gasteiger partial charge in [-0.3, -0.25) is 0 Å². The largest absolute Gasteiger partial charge is 0.478 e. The molecule has 3 rings (SSSR count). The minimum atomic E-state index is -0.970. The average molecular weight is 270 g/mol. The second-order valence-electron chi connectivity index (χ2n) is 4.75. The number of carbonyl (C=O) groups is 1. The summed E-state index contributed by atoms with van der Waals surface area (Å²) in [6.45, 7) is 3.89. The number of carboxylic acid groups (broad SMARTS) is 1. The highest BCUT2D eigenvalue weighted by Crippen LogP contribution is 2.26. The SMILES string of the molecule is Cc1ccc(C(C)n2cnc3c(C(=O)O)cccc32)o1. The highest BCUT2D eigenvalue weighted by molar-refractivity contribution is 6.00. The third-order valence-electron chi connectivity index (χ3n) is 3.42. The summed E-state index contributed by atoms with van der Waals surface area (Å²) in [6, 6.07) is 8.94. The molecular formula is C15H14N2O3. The number of aromatic nitrogens is 2. The Balaban J connectivity index is 2.13. The van der Waals surface area contributed by atoms with Crippen LogP contribution >= 0.6 is 0 Å². The molecule has 0 aliphatic heterocycles. The van der Waals surface area contributed by atoms with Crippen molar-refractivity contribution in [2.75, 3.05) is 0 Å². The summed E-state index contributed by atoms with van der Waals surface area (Å²) in [5.41, 5.74) is 1.49. The van der Waals surface area contributed by atoms with Gasteiger partial charge in [0.05, 0.1) is 23.4 Å². The summed E-state index contributed by atoms with van der Waals surface area (Å²) >= 11 is 0. The highest BCUT2D eigenvalue weighted by Gasteiger charge is 2.17. The maximum absolute atomic E-state index is 11.2. The van der Waals surface area contributed by atoms with E-state index in [1.165, 1.54) is 0 Å². The number of rotatable bonds is 3. The van der Waals surface area contributed by atoms with Crippen LogP contribution in [0.3, 0.4) is 0 Å². The minimum absolute atomic E-state index is 0.0438. The minimum Gasteiger partial charge on any atom is -0.478 e. The molecule has 0 saturated heterocycles. The Bertz CT molecular complexity index is 785. The Labute approximate surface area is 115 Å². The summed E-state index contributed by atoms with van der Waals surface area (Å²) in [7, 11) is 0. The molecule has 1 aromatic carbocycles. The van der Waals surface area contributed by atoms with Crippen molar-refractivity contribution in [3.8, 4) is 0 Å². The van der Waals surface area contributed by atoms with E-state index in [-0.39, 0.29) is 11.6 Å². The second kappa shape index (κ2) is 4.52. The van der Waals surface area contributed by atoms with Gasteiger partial charge in [0, 0.05) is 0 Å². The van der Waals surface area contributed by atoms with Gasteiger partial charge in [-0.1, -0.05) is 6.07 Å². The molecule has 0 spiro atoms. The number of hydrogen-bond donors (Lipinski definition) is 1. The molecule has 5 nitrogen and oxygen atoms in total. The maximum Gasteiger partial charge on any atom is 0.337 e. The number of furan rings is 1. The molecule has 0 amide bonds. The van der Waals surface area contributed by atoms with Crippen molar-refractivity contribution < 1.29 is 14.3 Å². The third kappa shape index (κ3) is 1.87. The monoisotopic (exact) mass is 270 g/mol. The van der Waals surface area contributed by atoms with E-state index < -0.39 is 5.97 Å². The van der Waals surface area contributed by atoms with Gasteiger partial charge in [-0.05, 0) is 38.1 Å². The zero-order chi connectivity index (χ0) is 14.3. The maximum atomic E-state index is 11.2. The van der Waals surface area contributed by atoms with Crippen LogP contribution in [-0.4, -0.2) is 20.6 Å². The number of hydrogen-bond acceptors (Lipinski definition) is 3. The van der Waals surface area contributed by atoms with Crippen LogP contribution in [0, 0.1) is 6.92 Å². The Morgan fingerprint density at radius 2 is 2.15 bits per heavy atom. The van der Waals surface area contributed by atoms with E-state index >= 15 is 0 Å². The summed E-state index contributed by atoms with van der Waals surface area (Å²) in [4.78, 5) is 15.4. The topological polar surface area (TPSA) is 68.3 Å². The van der Waals surface area contributed by atoms with Gasteiger partial charge >= 0.3 is 5.97 Å². The number of carboxylic acids is 1. The van der Waals surface area contributed by atoms with Crippen molar-refractivity contribution in [1.82, 2.24) is 9.55 Å². The van der Waals surface area contributed by atoms with Crippen LogP contribution < -0.4 is 0 Å². The first-order chi connectivity index (χ1) is 9.58. The quantitative estimate of drug-likeness (QED) is 0.793. The number of para-hydroxylation sites is 1. The van der Waals surface area contributed by atoms with E-state index in [0.717, 1.165) is 17.0 Å². The van der Waals surface area contributed by atoms with Crippen molar-refractivity contribution in [2.45, 2.75) is 19.9 Å². The van der Waals surface area contributed by atoms with Crippen LogP contribution in [-0.2, 0) is 0 Å². The second-order valence-corrected chi connectivity index (χ2v) is 4.75. The van der Waals surface area contributed by atoms with Crippen molar-refractivity contribution >= 4 is 17.0 Å². The number of fused-ring (bicyclic) bond motifs is 1. The Morgan fingerprint density at radius 3 is 2.80 bits per heavy atom. The van der Waals surface area contributed by atoms with Crippen molar-refractivity contribution in [3.63, 3.8) is 0 Å². The van der Waals surface area contributed by atoms with Gasteiger partial charge < -0.3 is 14.1 Å². The summed E-state index contributed by atoms with van der Waals surface area (Å²) in [6.07, 6.45) is 1.65. The molecule has 0 bridgehead atoms. The fourth-order valence-corrected chi connectivity index (χ4v) is 2.35. The first-order valence-electron chi connectivity index (χ1n) is 6.33. The van der Waals surface area contributed by atoms with Crippen molar-refractivity contribution in [2.24, 2.45) is 0 Å². The summed E-state index contributed by atoms with van der Waals surface area (Å²) in [5, 5.41) is 9.18. The molecule has 1 unspecified atom stereocenters. The smallest absolute Gasteiger partial charge is 0.337 e. The lowest BCUT2D eigenvalue weighted by Crippen LogP contribution is -2.04. The van der Waals surface area contributed by atoms with Crippen LogP contribution in [0.1, 0.15) is 34.8 Å². The van der Waals surface area contributed by atoms with E-state index in [1.807, 2.05) is 36.6 Å². The lowest BCUT2D eigenvalue weighted by molar-refractivity contribution is 0.0699.